The summed E-state index contributed by atoms with van der Waals surface area (Å²) in [6.45, 7) is 5.26. The van der Waals surface area contributed by atoms with Crippen LogP contribution in [0.15, 0.2) is 50.8 Å². The Balaban J connectivity index is 1.66. The van der Waals surface area contributed by atoms with Crippen molar-refractivity contribution in [3.8, 4) is 28.7 Å². The van der Waals surface area contributed by atoms with Gasteiger partial charge in [0.2, 0.25) is 11.8 Å². The van der Waals surface area contributed by atoms with E-state index in [1.54, 1.807) is 32.0 Å². The highest BCUT2D eigenvalue weighted by Crippen LogP contribution is 2.37. The van der Waals surface area contributed by atoms with E-state index in [0.29, 0.717) is 39.5 Å². The van der Waals surface area contributed by atoms with E-state index in [-0.39, 0.29) is 28.7 Å². The normalized spacial score (nSPS) is 13.7. The monoisotopic (exact) mass is 529 g/mol. The van der Waals surface area contributed by atoms with Crippen molar-refractivity contribution in [1.82, 2.24) is 9.97 Å². The van der Waals surface area contributed by atoms with E-state index in [2.05, 4.69) is 9.97 Å². The van der Waals surface area contributed by atoms with Crippen LogP contribution in [-0.2, 0) is 10.0 Å². The molecule has 0 radical (unpaired) electrons. The van der Waals surface area contributed by atoms with Crippen molar-refractivity contribution in [3.63, 3.8) is 0 Å². The largest absolute Gasteiger partial charge is 0.483 e. The average molecular weight is 530 g/mol. The Morgan fingerprint density at radius 1 is 1.17 bits per heavy atom. The molecule has 3 aromatic heterocycles. The summed E-state index contributed by atoms with van der Waals surface area (Å²) in [5.74, 6) is 1.04. The number of pyridine rings is 2. The molecule has 12 heteroatoms. The summed E-state index contributed by atoms with van der Waals surface area (Å²) in [5.41, 5.74) is 2.31. The number of sulfonamides is 1. The van der Waals surface area contributed by atoms with Crippen LogP contribution >= 0.6 is 11.6 Å². The van der Waals surface area contributed by atoms with E-state index in [0.717, 1.165) is 5.56 Å². The van der Waals surface area contributed by atoms with Gasteiger partial charge in [0.15, 0.2) is 16.9 Å². The van der Waals surface area contributed by atoms with Crippen molar-refractivity contribution in [2.24, 2.45) is 5.14 Å². The zero-order valence-corrected chi connectivity index (χ0v) is 20.9. The molecule has 5 rings (SSSR count). The highest BCUT2D eigenvalue weighted by Gasteiger charge is 2.24. The predicted molar refractivity (Wildman–Crippen MR) is 131 cm³/mol. The zero-order chi connectivity index (χ0) is 25.8. The molecule has 0 saturated carbocycles. The summed E-state index contributed by atoms with van der Waals surface area (Å²) in [7, 11) is -4.22. The van der Waals surface area contributed by atoms with Gasteiger partial charge in [0.1, 0.15) is 22.6 Å². The van der Waals surface area contributed by atoms with E-state index in [1.807, 2.05) is 6.92 Å². The van der Waals surface area contributed by atoms with Crippen molar-refractivity contribution < 1.29 is 27.0 Å². The van der Waals surface area contributed by atoms with Gasteiger partial charge < -0.3 is 18.6 Å². The molecular weight excluding hydrogens is 510 g/mol. The second-order valence-corrected chi connectivity index (χ2v) is 10.2. The fourth-order valence-electron chi connectivity index (χ4n) is 4.01. The SMILES string of the molecule is Cc1cc([C@@H](C)Oc2ccc(Cl)nc2S(N)(=O)=O)c2oc(-c3cnc4c(c3)OCO4)c(C)c(=O)c2c1. The molecule has 0 saturated heterocycles. The second-order valence-electron chi connectivity index (χ2n) is 8.29. The second kappa shape index (κ2) is 8.77. The van der Waals surface area contributed by atoms with E-state index in [9.17, 15) is 13.2 Å². The Kier molecular flexibility index (Phi) is 5.86. The Hall–Kier alpha value is -3.67. The van der Waals surface area contributed by atoms with E-state index < -0.39 is 21.2 Å². The van der Waals surface area contributed by atoms with Gasteiger partial charge in [-0.1, -0.05) is 11.6 Å². The van der Waals surface area contributed by atoms with Gasteiger partial charge in [-0.25, -0.2) is 23.5 Å². The molecule has 0 spiro atoms. The Labute approximate surface area is 210 Å². The number of nitrogens with two attached hydrogens (primary N) is 1. The summed E-state index contributed by atoms with van der Waals surface area (Å²) in [6, 6.07) is 7.98. The maximum Gasteiger partial charge on any atom is 0.260 e. The highest BCUT2D eigenvalue weighted by atomic mass is 35.5. The van der Waals surface area contributed by atoms with Crippen LogP contribution in [0.4, 0.5) is 0 Å². The minimum atomic E-state index is -4.22. The summed E-state index contributed by atoms with van der Waals surface area (Å²) >= 11 is 5.86. The van der Waals surface area contributed by atoms with Crippen molar-refractivity contribution in [1.29, 1.82) is 0 Å². The molecule has 1 aliphatic heterocycles. The molecule has 0 aliphatic carbocycles. The third-order valence-corrected chi connectivity index (χ3v) is 6.73. The smallest absolute Gasteiger partial charge is 0.260 e. The van der Waals surface area contributed by atoms with Gasteiger partial charge in [0.05, 0.1) is 5.39 Å². The summed E-state index contributed by atoms with van der Waals surface area (Å²) in [6.07, 6.45) is 0.778. The van der Waals surface area contributed by atoms with Gasteiger partial charge >= 0.3 is 0 Å². The maximum atomic E-state index is 13.4. The number of aromatic nitrogens is 2. The van der Waals surface area contributed by atoms with Crippen LogP contribution in [0.3, 0.4) is 0 Å². The number of rotatable bonds is 5. The van der Waals surface area contributed by atoms with Crippen molar-refractivity contribution in [3.05, 3.63) is 68.6 Å². The third-order valence-electron chi connectivity index (χ3n) is 5.69. The average Bonchev–Trinajstić information content (AvgIpc) is 3.29. The molecule has 36 heavy (non-hydrogen) atoms. The molecular formula is C24H20ClN3O7S. The number of primary sulfonamides is 1. The van der Waals surface area contributed by atoms with Gasteiger partial charge in [-0.05, 0) is 56.7 Å². The van der Waals surface area contributed by atoms with E-state index in [1.165, 1.54) is 18.3 Å². The number of halogens is 1. The quantitative estimate of drug-likeness (QED) is 0.379. The molecule has 1 aromatic carbocycles. The number of hydrogen-bond donors (Lipinski definition) is 1. The van der Waals surface area contributed by atoms with Crippen molar-refractivity contribution in [2.45, 2.75) is 31.9 Å². The molecule has 0 unspecified atom stereocenters. The number of ether oxygens (including phenoxy) is 3. The molecule has 1 atom stereocenters. The minimum absolute atomic E-state index is 0.0523. The first-order valence-electron chi connectivity index (χ1n) is 10.7. The number of aryl methyl sites for hydroxylation is 1. The molecule has 0 amide bonds. The van der Waals surface area contributed by atoms with Crippen LogP contribution < -0.4 is 24.8 Å². The van der Waals surface area contributed by atoms with Crippen LogP contribution in [-0.4, -0.2) is 25.2 Å². The van der Waals surface area contributed by atoms with Crippen molar-refractivity contribution >= 4 is 32.6 Å². The summed E-state index contributed by atoms with van der Waals surface area (Å²) in [5, 5.41) is 5.11. The molecule has 0 bridgehead atoms. The molecule has 4 heterocycles. The van der Waals surface area contributed by atoms with Crippen LogP contribution in [0.5, 0.6) is 17.4 Å². The van der Waals surface area contributed by atoms with Crippen LogP contribution in [0, 0.1) is 13.8 Å². The third kappa shape index (κ3) is 4.25. The predicted octanol–water partition coefficient (Wildman–Crippen LogP) is 4.04. The number of hydrogen-bond acceptors (Lipinski definition) is 9. The summed E-state index contributed by atoms with van der Waals surface area (Å²) in [4.78, 5) is 21.4. The lowest BCUT2D eigenvalue weighted by molar-refractivity contribution is 0.171. The standard InChI is InChI=1S/C24H20ClN3O7S/c1-11-6-15(13(3)34-17-4-5-19(25)28-24(17)36(26,30)31)22-16(7-11)20(29)12(2)21(35-22)14-8-18-23(27-9-14)33-10-32-18/h4-9,13H,10H2,1-3H3,(H2,26,30,31)/t13-/m1/s1. The Bertz CT molecular complexity index is 1700. The molecule has 186 valence electrons. The van der Waals surface area contributed by atoms with Crippen LogP contribution in [0.25, 0.3) is 22.3 Å². The molecule has 4 aromatic rings. The molecule has 1 aliphatic rings. The van der Waals surface area contributed by atoms with Gasteiger partial charge in [-0.2, -0.15) is 0 Å². The zero-order valence-electron chi connectivity index (χ0n) is 19.4. The Morgan fingerprint density at radius 3 is 2.69 bits per heavy atom. The number of nitrogens with zero attached hydrogens (tertiary/aromatic N) is 2. The maximum absolute atomic E-state index is 13.4. The van der Waals surface area contributed by atoms with Crippen LogP contribution in [0.1, 0.15) is 29.7 Å². The molecule has 2 N–H and O–H groups in total. The lowest BCUT2D eigenvalue weighted by Crippen LogP contribution is -2.17. The first kappa shape index (κ1) is 24.0. The first-order valence-corrected chi connectivity index (χ1v) is 12.7. The Morgan fingerprint density at radius 2 is 1.94 bits per heavy atom. The van der Waals surface area contributed by atoms with Gasteiger partial charge in [0.25, 0.3) is 15.9 Å². The molecule has 10 nitrogen and oxygen atoms in total. The molecule has 0 fully saturated rings. The van der Waals surface area contributed by atoms with Crippen molar-refractivity contribution in [2.75, 3.05) is 6.79 Å². The van der Waals surface area contributed by atoms with Gasteiger partial charge in [0, 0.05) is 22.9 Å². The first-order chi connectivity index (χ1) is 17.0. The number of fused-ring (bicyclic) bond motifs is 2. The van der Waals surface area contributed by atoms with Gasteiger partial charge in [-0.3, -0.25) is 4.79 Å². The fourth-order valence-corrected chi connectivity index (χ4v) is 4.83. The minimum Gasteiger partial charge on any atom is -0.483 e. The summed E-state index contributed by atoms with van der Waals surface area (Å²) < 4.78 is 47.0. The number of benzene rings is 1. The lowest BCUT2D eigenvalue weighted by Gasteiger charge is -2.19. The fraction of sp³-hybridized carbons (Fsp3) is 0.208. The topological polar surface area (TPSA) is 144 Å². The lowest BCUT2D eigenvalue weighted by atomic mass is 10.00. The van der Waals surface area contributed by atoms with Gasteiger partial charge in [-0.15, -0.1) is 0 Å². The van der Waals surface area contributed by atoms with E-state index >= 15 is 0 Å². The highest BCUT2D eigenvalue weighted by molar-refractivity contribution is 7.89. The van der Waals surface area contributed by atoms with E-state index in [4.69, 9.17) is 35.4 Å². The van der Waals surface area contributed by atoms with Crippen LogP contribution in [0.2, 0.25) is 5.15 Å².